The van der Waals surface area contributed by atoms with Gasteiger partial charge < -0.3 is 5.32 Å². The van der Waals surface area contributed by atoms with E-state index in [4.69, 9.17) is 0 Å². The van der Waals surface area contributed by atoms with E-state index in [-0.39, 0.29) is 6.04 Å². The van der Waals surface area contributed by atoms with E-state index < -0.39 is 11.7 Å². The lowest BCUT2D eigenvalue weighted by Crippen LogP contribution is -2.19. The van der Waals surface area contributed by atoms with Gasteiger partial charge in [-0.3, -0.25) is 0 Å². The highest BCUT2D eigenvalue weighted by atomic mass is 32.2. The number of hydrogen-bond acceptors (Lipinski definition) is 5. The molecule has 0 aliphatic rings. The Kier molecular flexibility index (Phi) is 5.23. The summed E-state index contributed by atoms with van der Waals surface area (Å²) >= 11 is 2.96. The van der Waals surface area contributed by atoms with Crippen molar-refractivity contribution in [1.29, 1.82) is 0 Å². The van der Waals surface area contributed by atoms with Crippen molar-refractivity contribution in [3.05, 3.63) is 40.4 Å². The minimum atomic E-state index is -4.32. The number of thioether (sulfide) groups is 1. The van der Waals surface area contributed by atoms with Crippen molar-refractivity contribution in [2.24, 2.45) is 0 Å². The summed E-state index contributed by atoms with van der Waals surface area (Å²) in [7, 11) is 1.73. The lowest BCUT2D eigenvalue weighted by molar-refractivity contribution is -0.137. The Morgan fingerprint density at radius 3 is 2.67 bits per heavy atom. The standard InChI is InChI=1S/C13H14F3N3S2/c1-8-18-19-12(21-8)20-7-11(17-2)9-4-3-5-10(6-9)13(14,15)16/h3-6,11,17H,7H2,1-2H3. The highest BCUT2D eigenvalue weighted by molar-refractivity contribution is 8.01. The van der Waals surface area contributed by atoms with E-state index in [9.17, 15) is 13.2 Å². The molecule has 0 amide bonds. The number of aromatic nitrogens is 2. The number of halogens is 3. The van der Waals surface area contributed by atoms with Gasteiger partial charge in [0.1, 0.15) is 5.01 Å². The molecule has 0 bridgehead atoms. The Bertz CT molecular complexity index is 598. The van der Waals surface area contributed by atoms with Crippen LogP contribution in [0.5, 0.6) is 0 Å². The fraction of sp³-hybridized carbons (Fsp3) is 0.385. The summed E-state index contributed by atoms with van der Waals surface area (Å²) < 4.78 is 39.1. The first-order chi connectivity index (χ1) is 9.90. The van der Waals surface area contributed by atoms with Crippen LogP contribution in [-0.4, -0.2) is 23.0 Å². The van der Waals surface area contributed by atoms with Gasteiger partial charge in [0.05, 0.1) is 5.56 Å². The minimum Gasteiger partial charge on any atom is -0.312 e. The van der Waals surface area contributed by atoms with Crippen LogP contribution < -0.4 is 5.32 Å². The van der Waals surface area contributed by atoms with E-state index in [0.717, 1.165) is 15.4 Å². The Morgan fingerprint density at radius 1 is 1.33 bits per heavy atom. The number of hydrogen-bond donors (Lipinski definition) is 1. The first kappa shape index (κ1) is 16.3. The molecule has 1 aromatic heterocycles. The largest absolute Gasteiger partial charge is 0.416 e. The average Bonchev–Trinajstić information content (AvgIpc) is 2.85. The van der Waals surface area contributed by atoms with Crippen molar-refractivity contribution in [1.82, 2.24) is 15.5 Å². The average molecular weight is 333 g/mol. The fourth-order valence-electron chi connectivity index (χ4n) is 1.77. The summed E-state index contributed by atoms with van der Waals surface area (Å²) in [6.07, 6.45) is -4.32. The van der Waals surface area contributed by atoms with E-state index >= 15 is 0 Å². The monoisotopic (exact) mass is 333 g/mol. The van der Waals surface area contributed by atoms with Gasteiger partial charge in [-0.2, -0.15) is 13.2 Å². The molecule has 0 saturated heterocycles. The van der Waals surface area contributed by atoms with E-state index in [1.165, 1.54) is 35.2 Å². The predicted molar refractivity (Wildman–Crippen MR) is 78.6 cm³/mol. The zero-order chi connectivity index (χ0) is 15.5. The Hall–Kier alpha value is -1.12. The van der Waals surface area contributed by atoms with Crippen molar-refractivity contribution in [2.45, 2.75) is 23.5 Å². The highest BCUT2D eigenvalue weighted by Gasteiger charge is 2.30. The molecule has 0 saturated carbocycles. The maximum atomic E-state index is 12.7. The maximum absolute atomic E-state index is 12.7. The van der Waals surface area contributed by atoms with Gasteiger partial charge >= 0.3 is 6.18 Å². The van der Waals surface area contributed by atoms with E-state index in [1.807, 2.05) is 6.92 Å². The maximum Gasteiger partial charge on any atom is 0.416 e. The molecule has 2 aromatic rings. The zero-order valence-electron chi connectivity index (χ0n) is 11.4. The molecule has 1 aromatic carbocycles. The SMILES string of the molecule is CNC(CSc1nnc(C)s1)c1cccc(C(F)(F)F)c1. The van der Waals surface area contributed by atoms with Crippen LogP contribution in [0.2, 0.25) is 0 Å². The van der Waals surface area contributed by atoms with Crippen molar-refractivity contribution >= 4 is 23.1 Å². The fourth-order valence-corrected chi connectivity index (χ4v) is 3.75. The second-order valence-corrected chi connectivity index (χ2v) is 6.81. The molecule has 0 aliphatic heterocycles. The van der Waals surface area contributed by atoms with Crippen molar-refractivity contribution in [3.63, 3.8) is 0 Å². The van der Waals surface area contributed by atoms with Crippen LogP contribution in [0.1, 0.15) is 22.2 Å². The molecule has 3 nitrogen and oxygen atoms in total. The van der Waals surface area contributed by atoms with Gasteiger partial charge in [0, 0.05) is 11.8 Å². The van der Waals surface area contributed by atoms with E-state index in [2.05, 4.69) is 15.5 Å². The molecule has 0 spiro atoms. The van der Waals surface area contributed by atoms with Gasteiger partial charge in [0.2, 0.25) is 0 Å². The van der Waals surface area contributed by atoms with Gasteiger partial charge in [-0.05, 0) is 31.7 Å². The van der Waals surface area contributed by atoms with Crippen LogP contribution in [0.15, 0.2) is 28.6 Å². The van der Waals surface area contributed by atoms with Crippen LogP contribution in [0, 0.1) is 6.92 Å². The van der Waals surface area contributed by atoms with Crippen LogP contribution >= 0.6 is 23.1 Å². The molecule has 1 unspecified atom stereocenters. The third-order valence-corrected chi connectivity index (χ3v) is 4.91. The molecule has 1 N–H and O–H groups in total. The predicted octanol–water partition coefficient (Wildman–Crippen LogP) is 3.92. The summed E-state index contributed by atoms with van der Waals surface area (Å²) in [5.41, 5.74) is -0.0157. The molecule has 0 radical (unpaired) electrons. The first-order valence-corrected chi connectivity index (χ1v) is 7.97. The summed E-state index contributed by atoms with van der Waals surface area (Å²) in [4.78, 5) is 0. The third kappa shape index (κ3) is 4.42. The normalized spacial score (nSPS) is 13.4. The topological polar surface area (TPSA) is 37.8 Å². The molecule has 0 fully saturated rings. The molecular weight excluding hydrogens is 319 g/mol. The molecule has 0 aliphatic carbocycles. The molecule has 2 rings (SSSR count). The highest BCUT2D eigenvalue weighted by Crippen LogP contribution is 2.32. The third-order valence-electron chi connectivity index (χ3n) is 2.85. The second kappa shape index (κ2) is 6.76. The van der Waals surface area contributed by atoms with Gasteiger partial charge in [0.25, 0.3) is 0 Å². The van der Waals surface area contributed by atoms with Crippen molar-refractivity contribution in [3.8, 4) is 0 Å². The molecule has 1 atom stereocenters. The van der Waals surface area contributed by atoms with E-state index in [0.29, 0.717) is 11.3 Å². The number of aryl methyl sites for hydroxylation is 1. The molecule has 1 heterocycles. The van der Waals surface area contributed by atoms with Crippen LogP contribution in [-0.2, 0) is 6.18 Å². The summed E-state index contributed by atoms with van der Waals surface area (Å²) in [5, 5.41) is 11.8. The number of benzene rings is 1. The van der Waals surface area contributed by atoms with Gasteiger partial charge in [-0.1, -0.05) is 35.2 Å². The number of rotatable bonds is 5. The van der Waals surface area contributed by atoms with E-state index in [1.54, 1.807) is 13.1 Å². The van der Waals surface area contributed by atoms with Crippen LogP contribution in [0.4, 0.5) is 13.2 Å². The molecule has 21 heavy (non-hydrogen) atoms. The molecule has 114 valence electrons. The number of nitrogens with zero attached hydrogens (tertiary/aromatic N) is 2. The van der Waals surface area contributed by atoms with Crippen molar-refractivity contribution in [2.75, 3.05) is 12.8 Å². The first-order valence-electron chi connectivity index (χ1n) is 6.17. The Balaban J connectivity index is 2.10. The Labute approximate surface area is 129 Å². The van der Waals surface area contributed by atoms with Gasteiger partial charge in [0.15, 0.2) is 4.34 Å². The van der Waals surface area contributed by atoms with Crippen LogP contribution in [0.3, 0.4) is 0 Å². The number of nitrogens with one attached hydrogen (secondary N) is 1. The van der Waals surface area contributed by atoms with Gasteiger partial charge in [-0.25, -0.2) is 0 Å². The number of alkyl halides is 3. The smallest absolute Gasteiger partial charge is 0.312 e. The lowest BCUT2D eigenvalue weighted by atomic mass is 10.1. The second-order valence-electron chi connectivity index (χ2n) is 4.36. The van der Waals surface area contributed by atoms with Crippen LogP contribution in [0.25, 0.3) is 0 Å². The van der Waals surface area contributed by atoms with Gasteiger partial charge in [-0.15, -0.1) is 10.2 Å². The summed E-state index contributed by atoms with van der Waals surface area (Å²) in [6.45, 7) is 1.87. The lowest BCUT2D eigenvalue weighted by Gasteiger charge is -2.17. The molecule has 8 heteroatoms. The molecular formula is C13H14F3N3S2. The summed E-state index contributed by atoms with van der Waals surface area (Å²) in [5.74, 6) is 0.590. The van der Waals surface area contributed by atoms with Crippen molar-refractivity contribution < 1.29 is 13.2 Å². The minimum absolute atomic E-state index is 0.179. The quantitative estimate of drug-likeness (QED) is 0.842. The summed E-state index contributed by atoms with van der Waals surface area (Å²) in [6, 6.07) is 5.22. The Morgan fingerprint density at radius 2 is 2.10 bits per heavy atom. The zero-order valence-corrected chi connectivity index (χ0v) is 13.1.